The lowest BCUT2D eigenvalue weighted by molar-refractivity contribution is -0.161. The van der Waals surface area contributed by atoms with Crippen LogP contribution in [0.4, 0.5) is 0 Å². The van der Waals surface area contributed by atoms with Gasteiger partial charge in [-0.3, -0.25) is 37.3 Å². The van der Waals surface area contributed by atoms with E-state index in [1.165, 1.54) is 173 Å². The van der Waals surface area contributed by atoms with Crippen molar-refractivity contribution < 1.29 is 80.2 Å². The van der Waals surface area contributed by atoms with Crippen molar-refractivity contribution in [2.75, 3.05) is 39.6 Å². The summed E-state index contributed by atoms with van der Waals surface area (Å²) in [6, 6.07) is 0. The fraction of sp³-hybridized carbons (Fsp3) is 0.943. The number of hydrogen-bond donors (Lipinski definition) is 3. The molecule has 0 aliphatic rings. The first-order valence-corrected chi connectivity index (χ1v) is 39.6. The molecule has 0 heterocycles. The van der Waals surface area contributed by atoms with Gasteiger partial charge in [-0.1, -0.05) is 305 Å². The number of carbonyl (C=O) groups excluding carboxylic acids is 4. The summed E-state index contributed by atoms with van der Waals surface area (Å²) in [6.45, 7) is 9.55. The summed E-state index contributed by atoms with van der Waals surface area (Å²) >= 11 is 0. The maximum atomic E-state index is 13.0. The Bertz CT molecular complexity index is 1740. The minimum atomic E-state index is -4.95. The van der Waals surface area contributed by atoms with E-state index in [1.54, 1.807) is 0 Å². The van der Waals surface area contributed by atoms with Crippen molar-refractivity contribution in [2.45, 2.75) is 374 Å². The van der Waals surface area contributed by atoms with Gasteiger partial charge in [-0.15, -0.1) is 0 Å². The largest absolute Gasteiger partial charge is 0.472 e. The number of ether oxygens (including phenoxy) is 4. The average Bonchev–Trinajstić information content (AvgIpc) is 3.73. The molecule has 0 fully saturated rings. The molecule has 0 aliphatic carbocycles. The van der Waals surface area contributed by atoms with E-state index in [-0.39, 0.29) is 25.7 Å². The molecule has 528 valence electrons. The van der Waals surface area contributed by atoms with Gasteiger partial charge in [-0.05, 0) is 37.5 Å². The van der Waals surface area contributed by atoms with Crippen LogP contribution in [0.1, 0.15) is 356 Å². The molecule has 0 bridgehead atoms. The van der Waals surface area contributed by atoms with Gasteiger partial charge in [-0.2, -0.15) is 0 Å². The van der Waals surface area contributed by atoms with E-state index >= 15 is 0 Å². The standard InChI is InChI=1S/C70H136O17P2/c1-7-11-13-15-17-19-21-22-23-25-27-36-42-48-54-69(74)86-65(59-81-68(73)53-47-41-35-30-28-32-38-44-50-62(5)9-3)60-84-88(76,77)82-56-64(71)57-83-89(78,79)85-61-66(58-80-67(72)52-46-40-34-26-24-20-18-16-14-12-8-2)87-70(75)55-49-43-37-31-29-33-39-45-51-63(6)10-4/h62-66,71H,7-61H2,1-6H3,(H,76,77)(H,78,79)/t62?,63?,64-,65-,66-/m1/s1. The quantitative estimate of drug-likeness (QED) is 0.0222. The van der Waals surface area contributed by atoms with E-state index in [4.69, 9.17) is 37.0 Å². The molecule has 0 radical (unpaired) electrons. The van der Waals surface area contributed by atoms with Crippen LogP contribution in [0.5, 0.6) is 0 Å². The van der Waals surface area contributed by atoms with Gasteiger partial charge in [0, 0.05) is 25.7 Å². The average molecular weight is 1310 g/mol. The zero-order valence-corrected chi connectivity index (χ0v) is 59.5. The van der Waals surface area contributed by atoms with Crippen molar-refractivity contribution in [3.05, 3.63) is 0 Å². The van der Waals surface area contributed by atoms with Crippen LogP contribution in [0, 0.1) is 11.8 Å². The van der Waals surface area contributed by atoms with E-state index in [0.717, 1.165) is 102 Å². The summed E-state index contributed by atoms with van der Waals surface area (Å²) in [5.74, 6) is -0.576. The number of phosphoric ester groups is 2. The van der Waals surface area contributed by atoms with Gasteiger partial charge in [0.05, 0.1) is 26.4 Å². The van der Waals surface area contributed by atoms with Crippen molar-refractivity contribution in [1.29, 1.82) is 0 Å². The molecule has 0 saturated carbocycles. The Kier molecular flexibility index (Phi) is 60.8. The Morgan fingerprint density at radius 1 is 0.315 bits per heavy atom. The second kappa shape index (κ2) is 62.2. The molecule has 0 aromatic heterocycles. The molecule has 0 aromatic carbocycles. The van der Waals surface area contributed by atoms with Crippen molar-refractivity contribution in [1.82, 2.24) is 0 Å². The number of unbranched alkanes of at least 4 members (excludes halogenated alkanes) is 37. The van der Waals surface area contributed by atoms with E-state index in [0.29, 0.717) is 25.7 Å². The lowest BCUT2D eigenvalue weighted by atomic mass is 9.99. The van der Waals surface area contributed by atoms with Crippen LogP contribution >= 0.6 is 15.6 Å². The van der Waals surface area contributed by atoms with E-state index in [2.05, 4.69) is 41.5 Å². The normalized spacial score (nSPS) is 14.8. The highest BCUT2D eigenvalue weighted by atomic mass is 31.2. The molecule has 17 nitrogen and oxygen atoms in total. The molecule has 4 unspecified atom stereocenters. The molecular weight excluding hydrogens is 1170 g/mol. The van der Waals surface area contributed by atoms with Gasteiger partial charge in [0.2, 0.25) is 0 Å². The van der Waals surface area contributed by atoms with Gasteiger partial charge >= 0.3 is 39.5 Å². The number of rotatable bonds is 69. The molecule has 89 heavy (non-hydrogen) atoms. The molecule has 0 spiro atoms. The summed E-state index contributed by atoms with van der Waals surface area (Å²) in [5.41, 5.74) is 0. The molecule has 0 aromatic rings. The number of aliphatic hydroxyl groups is 1. The van der Waals surface area contributed by atoms with Crippen LogP contribution < -0.4 is 0 Å². The van der Waals surface area contributed by atoms with E-state index in [9.17, 15) is 43.2 Å². The SMILES string of the molecule is CCCCCCCCCCCCCCCCC(=O)O[C@H](COC(=O)CCCCCCCCCCC(C)CC)COP(=O)(O)OC[C@@H](O)COP(=O)(O)OC[C@@H](COC(=O)CCCCCCCCCCCCC)OC(=O)CCCCCCCCCCC(C)CC. The fourth-order valence-corrected chi connectivity index (χ4v) is 12.1. The lowest BCUT2D eigenvalue weighted by Crippen LogP contribution is -2.30. The predicted molar refractivity (Wildman–Crippen MR) is 358 cm³/mol. The highest BCUT2D eigenvalue weighted by Gasteiger charge is 2.30. The highest BCUT2D eigenvalue weighted by molar-refractivity contribution is 7.47. The Balaban J connectivity index is 5.27. The monoisotopic (exact) mass is 1310 g/mol. The molecular formula is C70H136O17P2. The Morgan fingerprint density at radius 3 is 0.798 bits per heavy atom. The number of hydrogen-bond acceptors (Lipinski definition) is 15. The zero-order valence-electron chi connectivity index (χ0n) is 57.7. The second-order valence-electron chi connectivity index (χ2n) is 25.8. The third kappa shape index (κ3) is 62.0. The van der Waals surface area contributed by atoms with Gasteiger partial charge in [-0.25, -0.2) is 9.13 Å². The second-order valence-corrected chi connectivity index (χ2v) is 28.7. The first kappa shape index (κ1) is 87.1. The van der Waals surface area contributed by atoms with Crippen LogP contribution in [-0.2, 0) is 65.4 Å². The highest BCUT2D eigenvalue weighted by Crippen LogP contribution is 2.45. The van der Waals surface area contributed by atoms with E-state index < -0.39 is 97.5 Å². The Morgan fingerprint density at radius 2 is 0.539 bits per heavy atom. The minimum absolute atomic E-state index is 0.105. The topological polar surface area (TPSA) is 237 Å². The molecule has 7 atom stereocenters. The third-order valence-corrected chi connectivity index (χ3v) is 18.8. The molecule has 19 heteroatoms. The zero-order chi connectivity index (χ0) is 65.7. The van der Waals surface area contributed by atoms with Crippen molar-refractivity contribution >= 4 is 39.5 Å². The third-order valence-electron chi connectivity index (χ3n) is 16.9. The first-order valence-electron chi connectivity index (χ1n) is 36.6. The molecule has 0 amide bonds. The Hall–Kier alpha value is -1.94. The number of carbonyl (C=O) groups is 4. The molecule has 0 rings (SSSR count). The van der Waals surface area contributed by atoms with Gasteiger partial charge in [0.15, 0.2) is 12.2 Å². The number of phosphoric acid groups is 2. The summed E-state index contributed by atoms with van der Waals surface area (Å²) in [7, 11) is -9.90. The van der Waals surface area contributed by atoms with Crippen LogP contribution in [0.3, 0.4) is 0 Å². The molecule has 0 aliphatic heterocycles. The maximum absolute atomic E-state index is 13.0. The Labute approximate surface area is 543 Å². The number of esters is 4. The van der Waals surface area contributed by atoms with Crippen molar-refractivity contribution in [3.63, 3.8) is 0 Å². The number of aliphatic hydroxyl groups excluding tert-OH is 1. The minimum Gasteiger partial charge on any atom is -0.462 e. The maximum Gasteiger partial charge on any atom is 0.472 e. The summed E-state index contributed by atoms with van der Waals surface area (Å²) in [5, 5.41) is 10.6. The van der Waals surface area contributed by atoms with Gasteiger partial charge in [0.1, 0.15) is 19.3 Å². The van der Waals surface area contributed by atoms with Crippen LogP contribution in [0.15, 0.2) is 0 Å². The van der Waals surface area contributed by atoms with Crippen LogP contribution in [0.2, 0.25) is 0 Å². The summed E-state index contributed by atoms with van der Waals surface area (Å²) in [6.07, 6.45) is 46.9. The van der Waals surface area contributed by atoms with Gasteiger partial charge < -0.3 is 33.8 Å². The van der Waals surface area contributed by atoms with Gasteiger partial charge in [0.25, 0.3) is 0 Å². The fourth-order valence-electron chi connectivity index (χ4n) is 10.5. The van der Waals surface area contributed by atoms with Crippen LogP contribution in [-0.4, -0.2) is 96.7 Å². The van der Waals surface area contributed by atoms with E-state index in [1.807, 2.05) is 0 Å². The molecule has 0 saturated heterocycles. The smallest absolute Gasteiger partial charge is 0.462 e. The first-order chi connectivity index (χ1) is 42.9. The van der Waals surface area contributed by atoms with Crippen molar-refractivity contribution in [2.24, 2.45) is 11.8 Å². The predicted octanol–water partition coefficient (Wildman–Crippen LogP) is 20.0. The summed E-state index contributed by atoms with van der Waals surface area (Å²) in [4.78, 5) is 72.6. The molecule has 3 N–H and O–H groups in total. The van der Waals surface area contributed by atoms with Crippen LogP contribution in [0.25, 0.3) is 0 Å². The van der Waals surface area contributed by atoms with Crippen molar-refractivity contribution in [3.8, 4) is 0 Å². The summed E-state index contributed by atoms with van der Waals surface area (Å²) < 4.78 is 68.3. The lowest BCUT2D eigenvalue weighted by Gasteiger charge is -2.21.